The number of anilines is 3. The number of hydrogen-bond donors (Lipinski definition) is 8. The number of rotatable bonds is 11. The maximum atomic E-state index is 12.9. The molecule has 1 aromatic carbocycles. The minimum Gasteiger partial charge on any atom is -0.394 e. The third kappa shape index (κ3) is 6.85. The van der Waals surface area contributed by atoms with E-state index >= 15 is 0 Å². The molecule has 1 saturated carbocycles. The van der Waals surface area contributed by atoms with E-state index in [1.165, 1.54) is 6.33 Å². The summed E-state index contributed by atoms with van der Waals surface area (Å²) in [6.07, 6.45) is 2.81. The number of nitrogens with zero attached hydrogens (tertiary/aromatic N) is 7. The molecule has 0 bridgehead atoms. The van der Waals surface area contributed by atoms with E-state index in [4.69, 9.17) is 9.97 Å². The van der Waals surface area contributed by atoms with Crippen LogP contribution in [0.4, 0.5) is 27.0 Å². The first-order valence-corrected chi connectivity index (χ1v) is 16.7. The molecule has 3 aromatic heterocycles. The van der Waals surface area contributed by atoms with Crippen LogP contribution in [-0.2, 0) is 11.2 Å². The van der Waals surface area contributed by atoms with E-state index in [-0.39, 0.29) is 25.1 Å². The first-order valence-electron chi connectivity index (χ1n) is 16.7. The fourth-order valence-electron chi connectivity index (χ4n) is 7.00. The summed E-state index contributed by atoms with van der Waals surface area (Å²) in [5.41, 5.74) is 2.21. The first-order chi connectivity index (χ1) is 24.7. The number of carbonyl (C=O) groups excluding carboxylic acids is 3. The van der Waals surface area contributed by atoms with Crippen LogP contribution in [-0.4, -0.2) is 130 Å². The van der Waals surface area contributed by atoms with Crippen LogP contribution in [0.5, 0.6) is 0 Å². The molecule has 2 saturated heterocycles. The maximum absolute atomic E-state index is 12.9. The van der Waals surface area contributed by atoms with Gasteiger partial charge in [-0.25, -0.2) is 14.6 Å². The molecule has 3 aliphatic rings. The van der Waals surface area contributed by atoms with Crippen molar-refractivity contribution in [2.45, 2.75) is 61.7 Å². The van der Waals surface area contributed by atoms with Crippen LogP contribution in [0.25, 0.3) is 11.2 Å². The Hall–Kier alpha value is -5.43. The number of fused-ring (bicyclic) bond motifs is 1. The van der Waals surface area contributed by atoms with E-state index in [0.717, 1.165) is 10.5 Å². The smallest absolute Gasteiger partial charge is 0.325 e. The second-order valence-corrected chi connectivity index (χ2v) is 12.9. The molecule has 0 radical (unpaired) electrons. The van der Waals surface area contributed by atoms with Gasteiger partial charge in [-0.2, -0.15) is 9.97 Å². The van der Waals surface area contributed by atoms with Crippen LogP contribution in [0.1, 0.15) is 24.4 Å². The van der Waals surface area contributed by atoms with Gasteiger partial charge in [0.05, 0.1) is 49.6 Å². The zero-order chi connectivity index (χ0) is 35.6. The minimum absolute atomic E-state index is 0.0117. The van der Waals surface area contributed by atoms with Gasteiger partial charge in [0.1, 0.15) is 18.2 Å². The van der Waals surface area contributed by atoms with Gasteiger partial charge in [-0.05, 0) is 37.0 Å². The van der Waals surface area contributed by atoms with Crippen molar-refractivity contribution in [2.24, 2.45) is 0 Å². The summed E-state index contributed by atoms with van der Waals surface area (Å²) >= 11 is 0. The molecule has 2 aliphatic heterocycles. The minimum atomic E-state index is -1.48. The van der Waals surface area contributed by atoms with Gasteiger partial charge in [0, 0.05) is 25.3 Å². The van der Waals surface area contributed by atoms with Gasteiger partial charge in [0.15, 0.2) is 17.0 Å². The maximum Gasteiger partial charge on any atom is 0.325 e. The van der Waals surface area contributed by atoms with Gasteiger partial charge >= 0.3 is 12.1 Å². The Kier molecular flexibility index (Phi) is 9.63. The number of aliphatic hydroxyl groups excluding tert-OH is 4. The van der Waals surface area contributed by atoms with Gasteiger partial charge in [0.25, 0.3) is 5.91 Å². The van der Waals surface area contributed by atoms with Crippen LogP contribution < -0.4 is 26.2 Å². The molecule has 8 N–H and O–H groups in total. The van der Waals surface area contributed by atoms with E-state index < -0.39 is 54.9 Å². The highest BCUT2D eigenvalue weighted by Gasteiger charge is 2.52. The number of hydrogen-bond acceptors (Lipinski definition) is 13. The highest BCUT2D eigenvalue weighted by atomic mass is 16.3. The summed E-state index contributed by atoms with van der Waals surface area (Å²) in [7, 11) is 0. The standard InChI is InChI=1S/C33H39N11O7/c45-15-21(11-18-5-2-1-3-6-18)36-28-25-29(41-31(40-28)42-10-8-20(14-42)38-32(50)37-19-7-4-9-34-13-19)43(17-35-25)23-12-24(27(48)26(23)47)44-30(49)22(16-46)39-33(44)51/h1-7,9,13,17,20-24,26-27,45-48H,8,10-12,14-16H2,(H,39,51)(H,36,40,41)(H2,37,38,50). The summed E-state index contributed by atoms with van der Waals surface area (Å²) in [4.78, 5) is 59.3. The van der Waals surface area contributed by atoms with E-state index in [1.54, 1.807) is 29.1 Å². The molecule has 51 heavy (non-hydrogen) atoms. The van der Waals surface area contributed by atoms with E-state index in [9.17, 15) is 34.8 Å². The van der Waals surface area contributed by atoms with Crippen LogP contribution >= 0.6 is 0 Å². The highest BCUT2D eigenvalue weighted by Crippen LogP contribution is 2.38. The van der Waals surface area contributed by atoms with Crippen LogP contribution in [0.15, 0.2) is 61.2 Å². The molecule has 7 rings (SSSR count). The number of benzene rings is 1. The van der Waals surface area contributed by atoms with E-state index in [0.29, 0.717) is 54.5 Å². The fourth-order valence-corrected chi connectivity index (χ4v) is 7.00. The number of pyridine rings is 1. The lowest BCUT2D eigenvalue weighted by Crippen LogP contribution is -2.47. The fraction of sp³-hybridized carbons (Fsp3) is 0.424. The number of amides is 5. The third-order valence-electron chi connectivity index (χ3n) is 9.57. The molecule has 4 aromatic rings. The van der Waals surface area contributed by atoms with Crippen molar-refractivity contribution in [2.75, 3.05) is 41.8 Å². The average molecular weight is 702 g/mol. The number of nitrogens with one attached hydrogen (secondary N) is 4. The quantitative estimate of drug-likeness (QED) is 0.0929. The van der Waals surface area contributed by atoms with Gasteiger partial charge in [0.2, 0.25) is 5.95 Å². The van der Waals surface area contributed by atoms with Crippen LogP contribution in [0, 0.1) is 0 Å². The van der Waals surface area contributed by atoms with Crippen molar-refractivity contribution in [3.63, 3.8) is 0 Å². The van der Waals surface area contributed by atoms with Gasteiger partial charge in [-0.15, -0.1) is 0 Å². The Bertz CT molecular complexity index is 1880. The molecular formula is C33H39N11O7. The van der Waals surface area contributed by atoms with Gasteiger partial charge < -0.3 is 51.2 Å². The molecule has 3 fully saturated rings. The van der Waals surface area contributed by atoms with Crippen molar-refractivity contribution in [1.82, 2.24) is 40.0 Å². The van der Waals surface area contributed by atoms with Crippen LogP contribution in [0.2, 0.25) is 0 Å². The van der Waals surface area contributed by atoms with E-state index in [1.807, 2.05) is 35.2 Å². The second kappa shape index (κ2) is 14.4. The lowest BCUT2D eigenvalue weighted by Gasteiger charge is -2.24. The summed E-state index contributed by atoms with van der Waals surface area (Å²) in [5, 5.41) is 53.7. The number of carbonyl (C=O) groups is 3. The molecular weight excluding hydrogens is 662 g/mol. The first kappa shape index (κ1) is 34.0. The molecule has 1 aliphatic carbocycles. The number of aromatic nitrogens is 5. The Morgan fingerprint density at radius 2 is 1.84 bits per heavy atom. The topological polar surface area (TPSA) is 243 Å². The summed E-state index contributed by atoms with van der Waals surface area (Å²) < 4.78 is 1.60. The SMILES string of the molecule is O=C(Nc1cccnc1)NC1CCN(c2nc(NC(CO)Cc3ccccc3)c3ncn(C4CC(N5C(=O)NC(CO)C5=O)C(O)C4O)c3n2)C1. The van der Waals surface area contributed by atoms with E-state index in [2.05, 4.69) is 31.2 Å². The zero-order valence-electron chi connectivity index (χ0n) is 27.4. The number of aliphatic hydroxyl groups is 4. The van der Waals surface area contributed by atoms with Crippen molar-refractivity contribution in [3.05, 3.63) is 66.7 Å². The summed E-state index contributed by atoms with van der Waals surface area (Å²) in [6, 6.07) is 8.25. The monoisotopic (exact) mass is 701 g/mol. The van der Waals surface area contributed by atoms with Crippen molar-refractivity contribution in [1.29, 1.82) is 0 Å². The average Bonchev–Trinajstić information content (AvgIpc) is 3.91. The molecule has 5 amide bonds. The molecule has 5 heterocycles. The van der Waals surface area contributed by atoms with Crippen molar-refractivity contribution >= 4 is 46.6 Å². The molecule has 18 nitrogen and oxygen atoms in total. The molecule has 268 valence electrons. The van der Waals surface area contributed by atoms with Crippen molar-refractivity contribution in [3.8, 4) is 0 Å². The lowest BCUT2D eigenvalue weighted by molar-refractivity contribution is -0.131. The third-order valence-corrected chi connectivity index (χ3v) is 9.57. The largest absolute Gasteiger partial charge is 0.394 e. The van der Waals surface area contributed by atoms with Gasteiger partial charge in [-0.1, -0.05) is 30.3 Å². The molecule has 7 atom stereocenters. The predicted molar refractivity (Wildman–Crippen MR) is 183 cm³/mol. The summed E-state index contributed by atoms with van der Waals surface area (Å²) in [5.74, 6) is -0.0470. The predicted octanol–water partition coefficient (Wildman–Crippen LogP) is -0.415. The van der Waals surface area contributed by atoms with Gasteiger partial charge in [-0.3, -0.25) is 14.7 Å². The number of imide groups is 1. The normalized spacial score (nSPS) is 25.3. The lowest BCUT2D eigenvalue weighted by atomic mass is 10.1. The molecule has 7 unspecified atom stereocenters. The molecule has 0 spiro atoms. The van der Waals surface area contributed by atoms with Crippen molar-refractivity contribution < 1.29 is 34.8 Å². The zero-order valence-corrected chi connectivity index (χ0v) is 27.4. The Morgan fingerprint density at radius 3 is 2.57 bits per heavy atom. The Labute approximate surface area is 291 Å². The second-order valence-electron chi connectivity index (χ2n) is 12.9. The summed E-state index contributed by atoms with van der Waals surface area (Å²) in [6.45, 7) is 0.0836. The highest BCUT2D eigenvalue weighted by molar-refractivity contribution is 6.04. The molecule has 18 heteroatoms. The Balaban J connectivity index is 1.18. The number of imidazole rings is 1. The number of urea groups is 2. The van der Waals surface area contributed by atoms with Crippen LogP contribution in [0.3, 0.4) is 0 Å². The Morgan fingerprint density at radius 1 is 1.04 bits per heavy atom.